The van der Waals surface area contributed by atoms with Gasteiger partial charge in [-0.15, -0.1) is 0 Å². The van der Waals surface area contributed by atoms with Crippen LogP contribution in [0.1, 0.15) is 33.1 Å². The molecule has 0 saturated heterocycles. The van der Waals surface area contributed by atoms with Gasteiger partial charge in [0.25, 0.3) is 0 Å². The van der Waals surface area contributed by atoms with Crippen LogP contribution in [-0.2, 0) is 0 Å². The molecule has 3 atom stereocenters. The van der Waals surface area contributed by atoms with Gasteiger partial charge in [-0.25, -0.2) is 0 Å². The van der Waals surface area contributed by atoms with Crippen molar-refractivity contribution in [3.8, 4) is 0 Å². The normalized spacial score (nSPS) is 35.6. The minimum Gasteiger partial charge on any atom is -0.394 e. The first-order valence-corrected chi connectivity index (χ1v) is 6.51. The Morgan fingerprint density at radius 2 is 2.06 bits per heavy atom. The van der Waals surface area contributed by atoms with E-state index in [4.69, 9.17) is 0 Å². The van der Waals surface area contributed by atoms with E-state index in [1.807, 2.05) is 0 Å². The van der Waals surface area contributed by atoms with Crippen molar-refractivity contribution in [2.24, 2.45) is 11.8 Å². The van der Waals surface area contributed by atoms with Crippen molar-refractivity contribution < 1.29 is 5.11 Å². The van der Waals surface area contributed by atoms with Gasteiger partial charge in [0.2, 0.25) is 0 Å². The van der Waals surface area contributed by atoms with E-state index >= 15 is 0 Å². The van der Waals surface area contributed by atoms with Gasteiger partial charge in [-0.2, -0.15) is 0 Å². The molecule has 0 aromatic rings. The van der Waals surface area contributed by atoms with E-state index in [0.29, 0.717) is 5.92 Å². The Morgan fingerprint density at radius 3 is 2.56 bits per heavy atom. The van der Waals surface area contributed by atoms with Gasteiger partial charge in [0, 0.05) is 18.6 Å². The van der Waals surface area contributed by atoms with Crippen molar-refractivity contribution in [2.75, 3.05) is 33.8 Å². The second kappa shape index (κ2) is 5.99. The van der Waals surface area contributed by atoms with Crippen molar-refractivity contribution in [1.82, 2.24) is 10.2 Å². The van der Waals surface area contributed by atoms with Crippen LogP contribution in [0.3, 0.4) is 0 Å². The molecule has 16 heavy (non-hydrogen) atoms. The van der Waals surface area contributed by atoms with E-state index in [0.717, 1.165) is 25.4 Å². The van der Waals surface area contributed by atoms with Crippen molar-refractivity contribution >= 4 is 0 Å². The highest BCUT2D eigenvalue weighted by molar-refractivity contribution is 4.96. The Balaban J connectivity index is 2.49. The summed E-state index contributed by atoms with van der Waals surface area (Å²) in [4.78, 5) is 2.17. The molecule has 3 heteroatoms. The third-order valence-corrected chi connectivity index (χ3v) is 4.10. The number of likely N-dealkylation sites (N-methyl/N-ethyl adjacent to an activating group) is 1. The van der Waals surface area contributed by atoms with Gasteiger partial charge in [-0.1, -0.05) is 13.8 Å². The van der Waals surface area contributed by atoms with Gasteiger partial charge in [0.1, 0.15) is 0 Å². The molecule has 0 radical (unpaired) electrons. The first-order valence-electron chi connectivity index (χ1n) is 6.51. The maximum atomic E-state index is 9.69. The number of rotatable bonds is 5. The maximum Gasteiger partial charge on any atom is 0.0615 e. The third kappa shape index (κ3) is 3.44. The number of nitrogens with zero attached hydrogens (tertiary/aromatic N) is 1. The average Bonchev–Trinajstić information content (AvgIpc) is 2.21. The number of aliphatic hydroxyl groups excluding tert-OH is 1. The second-order valence-corrected chi connectivity index (χ2v) is 5.82. The van der Waals surface area contributed by atoms with Gasteiger partial charge in [0.05, 0.1) is 6.61 Å². The predicted octanol–water partition coefficient (Wildman–Crippen LogP) is 1.32. The lowest BCUT2D eigenvalue weighted by molar-refractivity contribution is 0.0564. The number of aliphatic hydroxyl groups is 1. The standard InChI is InChI=1S/C13H28N2O/c1-11-5-6-13(10-16,12(2)9-11)14-7-8-15(3)4/h11-12,14,16H,5-10H2,1-4H3. The zero-order valence-corrected chi connectivity index (χ0v) is 11.3. The molecule has 0 aromatic carbocycles. The van der Waals surface area contributed by atoms with E-state index in [-0.39, 0.29) is 12.1 Å². The molecular weight excluding hydrogens is 200 g/mol. The fraction of sp³-hybridized carbons (Fsp3) is 1.00. The summed E-state index contributed by atoms with van der Waals surface area (Å²) >= 11 is 0. The molecule has 1 aliphatic carbocycles. The van der Waals surface area contributed by atoms with Gasteiger partial charge in [-0.3, -0.25) is 0 Å². The summed E-state index contributed by atoms with van der Waals surface area (Å²) in [7, 11) is 4.17. The quantitative estimate of drug-likeness (QED) is 0.745. The van der Waals surface area contributed by atoms with Crippen LogP contribution in [0.5, 0.6) is 0 Å². The molecule has 0 aliphatic heterocycles. The molecule has 0 bridgehead atoms. The molecule has 0 heterocycles. The summed E-state index contributed by atoms with van der Waals surface area (Å²) in [5.41, 5.74) is -0.0253. The van der Waals surface area contributed by atoms with Crippen LogP contribution in [0, 0.1) is 11.8 Å². The molecule has 1 saturated carbocycles. The van der Waals surface area contributed by atoms with Crippen LogP contribution in [0.2, 0.25) is 0 Å². The smallest absolute Gasteiger partial charge is 0.0615 e. The Bertz CT molecular complexity index is 208. The largest absolute Gasteiger partial charge is 0.394 e. The lowest BCUT2D eigenvalue weighted by atomic mass is 9.70. The minimum absolute atomic E-state index is 0.0253. The van der Waals surface area contributed by atoms with E-state index in [1.165, 1.54) is 12.8 Å². The minimum atomic E-state index is -0.0253. The summed E-state index contributed by atoms with van der Waals surface area (Å²) < 4.78 is 0. The van der Waals surface area contributed by atoms with E-state index in [9.17, 15) is 5.11 Å². The van der Waals surface area contributed by atoms with Crippen LogP contribution in [0.15, 0.2) is 0 Å². The second-order valence-electron chi connectivity index (χ2n) is 5.82. The Labute approximate surface area is 100 Å². The van der Waals surface area contributed by atoms with Crippen LogP contribution >= 0.6 is 0 Å². The first kappa shape index (κ1) is 13.9. The Kier molecular flexibility index (Phi) is 5.22. The summed E-state index contributed by atoms with van der Waals surface area (Å²) in [6.45, 7) is 6.86. The molecule has 3 nitrogen and oxygen atoms in total. The molecule has 96 valence electrons. The lowest BCUT2D eigenvalue weighted by Gasteiger charge is -2.44. The fourth-order valence-electron chi connectivity index (χ4n) is 2.78. The lowest BCUT2D eigenvalue weighted by Crippen LogP contribution is -2.57. The first-order chi connectivity index (χ1) is 7.50. The van der Waals surface area contributed by atoms with Gasteiger partial charge >= 0.3 is 0 Å². The van der Waals surface area contributed by atoms with E-state index in [2.05, 4.69) is 38.2 Å². The molecule has 2 N–H and O–H groups in total. The molecule has 1 fully saturated rings. The Morgan fingerprint density at radius 1 is 1.38 bits per heavy atom. The van der Waals surface area contributed by atoms with Crippen molar-refractivity contribution in [2.45, 2.75) is 38.6 Å². The van der Waals surface area contributed by atoms with Gasteiger partial charge < -0.3 is 15.3 Å². The van der Waals surface area contributed by atoms with E-state index in [1.54, 1.807) is 0 Å². The predicted molar refractivity (Wildman–Crippen MR) is 68.6 cm³/mol. The monoisotopic (exact) mass is 228 g/mol. The van der Waals surface area contributed by atoms with Crippen molar-refractivity contribution in [1.29, 1.82) is 0 Å². The summed E-state index contributed by atoms with van der Waals surface area (Å²) in [6.07, 6.45) is 3.58. The van der Waals surface area contributed by atoms with Crippen molar-refractivity contribution in [3.05, 3.63) is 0 Å². The highest BCUT2D eigenvalue weighted by atomic mass is 16.3. The highest BCUT2D eigenvalue weighted by Crippen LogP contribution is 2.36. The molecule has 1 rings (SSSR count). The zero-order chi connectivity index (χ0) is 12.2. The van der Waals surface area contributed by atoms with Crippen LogP contribution < -0.4 is 5.32 Å². The molecule has 1 aliphatic rings. The molecule has 0 aromatic heterocycles. The Hall–Kier alpha value is -0.120. The average molecular weight is 228 g/mol. The SMILES string of the molecule is CC1CCC(CO)(NCCN(C)C)C(C)C1. The van der Waals surface area contributed by atoms with Gasteiger partial charge in [-0.05, 0) is 45.2 Å². The van der Waals surface area contributed by atoms with Gasteiger partial charge in [0.15, 0.2) is 0 Å². The van der Waals surface area contributed by atoms with Crippen LogP contribution in [0.25, 0.3) is 0 Å². The summed E-state index contributed by atoms with van der Waals surface area (Å²) in [5, 5.41) is 13.3. The summed E-state index contributed by atoms with van der Waals surface area (Å²) in [5.74, 6) is 1.38. The van der Waals surface area contributed by atoms with Crippen LogP contribution in [0.4, 0.5) is 0 Å². The zero-order valence-electron chi connectivity index (χ0n) is 11.3. The molecule has 0 spiro atoms. The molecular formula is C13H28N2O. The highest BCUT2D eigenvalue weighted by Gasteiger charge is 2.38. The number of hydrogen-bond acceptors (Lipinski definition) is 3. The number of hydrogen-bond donors (Lipinski definition) is 2. The summed E-state index contributed by atoms with van der Waals surface area (Å²) in [6, 6.07) is 0. The van der Waals surface area contributed by atoms with Crippen LogP contribution in [-0.4, -0.2) is 49.3 Å². The topological polar surface area (TPSA) is 35.5 Å². The molecule has 0 amide bonds. The molecule has 3 unspecified atom stereocenters. The van der Waals surface area contributed by atoms with Crippen molar-refractivity contribution in [3.63, 3.8) is 0 Å². The number of nitrogens with one attached hydrogen (secondary N) is 1. The maximum absolute atomic E-state index is 9.69. The third-order valence-electron chi connectivity index (χ3n) is 4.10. The van der Waals surface area contributed by atoms with E-state index < -0.39 is 0 Å². The fourth-order valence-corrected chi connectivity index (χ4v) is 2.78.